The molecule has 0 spiro atoms. The van der Waals surface area contributed by atoms with E-state index in [-0.39, 0.29) is 11.9 Å². The number of hydrogen-bond donors (Lipinski definition) is 1. The van der Waals surface area contributed by atoms with Crippen LogP contribution in [0.1, 0.15) is 36.3 Å². The van der Waals surface area contributed by atoms with Gasteiger partial charge in [-0.05, 0) is 38.1 Å². The number of aromatic nitrogens is 2. The summed E-state index contributed by atoms with van der Waals surface area (Å²) in [6.07, 6.45) is 1.49. The van der Waals surface area contributed by atoms with E-state index in [0.29, 0.717) is 5.76 Å². The summed E-state index contributed by atoms with van der Waals surface area (Å²) in [6.45, 7) is 4.80. The molecule has 0 saturated carbocycles. The predicted molar refractivity (Wildman–Crippen MR) is 80.0 cm³/mol. The maximum absolute atomic E-state index is 12.1. The SMILES string of the molecule is CCn1c([C@@H](C)NC(=O)c2ccco2)nc2ccccc21. The molecule has 5 nitrogen and oxygen atoms in total. The van der Waals surface area contributed by atoms with Crippen molar-refractivity contribution in [2.45, 2.75) is 26.4 Å². The quantitative estimate of drug-likeness (QED) is 0.800. The molecule has 0 unspecified atom stereocenters. The predicted octanol–water partition coefficient (Wildman–Crippen LogP) is 3.14. The van der Waals surface area contributed by atoms with Crippen LogP contribution in [0.25, 0.3) is 11.0 Å². The van der Waals surface area contributed by atoms with Crippen molar-refractivity contribution in [3.8, 4) is 0 Å². The normalized spacial score (nSPS) is 12.5. The molecule has 1 amide bonds. The van der Waals surface area contributed by atoms with Crippen molar-refractivity contribution in [3.05, 3.63) is 54.2 Å². The fourth-order valence-electron chi connectivity index (χ4n) is 2.50. The number of furan rings is 1. The molecule has 0 saturated heterocycles. The summed E-state index contributed by atoms with van der Waals surface area (Å²) in [7, 11) is 0. The molecule has 0 aliphatic heterocycles. The van der Waals surface area contributed by atoms with Crippen molar-refractivity contribution >= 4 is 16.9 Å². The minimum atomic E-state index is -0.234. The van der Waals surface area contributed by atoms with Gasteiger partial charge in [0.2, 0.25) is 0 Å². The van der Waals surface area contributed by atoms with Crippen molar-refractivity contribution in [1.29, 1.82) is 0 Å². The Balaban J connectivity index is 1.91. The Morgan fingerprint density at radius 1 is 1.33 bits per heavy atom. The fraction of sp³-hybridized carbons (Fsp3) is 0.250. The van der Waals surface area contributed by atoms with Crippen molar-refractivity contribution in [1.82, 2.24) is 14.9 Å². The van der Waals surface area contributed by atoms with Gasteiger partial charge < -0.3 is 14.3 Å². The molecule has 3 rings (SSSR count). The van der Waals surface area contributed by atoms with Gasteiger partial charge in [0, 0.05) is 6.54 Å². The van der Waals surface area contributed by atoms with Gasteiger partial charge in [0.25, 0.3) is 5.91 Å². The second kappa shape index (κ2) is 5.44. The highest BCUT2D eigenvalue weighted by atomic mass is 16.3. The number of amides is 1. The standard InChI is InChI=1S/C16H17N3O2/c1-3-19-13-8-5-4-7-12(13)18-15(19)11(2)17-16(20)14-9-6-10-21-14/h4-11H,3H2,1-2H3,(H,17,20)/t11-/m1/s1. The number of fused-ring (bicyclic) bond motifs is 1. The number of hydrogen-bond acceptors (Lipinski definition) is 3. The molecule has 0 aliphatic carbocycles. The zero-order valence-electron chi connectivity index (χ0n) is 12.0. The van der Waals surface area contributed by atoms with Crippen molar-refractivity contribution in [3.63, 3.8) is 0 Å². The molecule has 2 heterocycles. The molecule has 1 atom stereocenters. The monoisotopic (exact) mass is 283 g/mol. The van der Waals surface area contributed by atoms with Gasteiger partial charge in [0.15, 0.2) is 5.76 Å². The van der Waals surface area contributed by atoms with Gasteiger partial charge in [0.05, 0.1) is 23.3 Å². The molecule has 0 radical (unpaired) electrons. The second-order valence-electron chi connectivity index (χ2n) is 4.88. The Kier molecular flexibility index (Phi) is 3.48. The Bertz CT molecular complexity index is 759. The lowest BCUT2D eigenvalue weighted by molar-refractivity contribution is 0.0909. The number of aryl methyl sites for hydroxylation is 1. The topological polar surface area (TPSA) is 60.1 Å². The van der Waals surface area contributed by atoms with Crippen LogP contribution in [0.3, 0.4) is 0 Å². The van der Waals surface area contributed by atoms with Gasteiger partial charge in [-0.2, -0.15) is 0 Å². The zero-order chi connectivity index (χ0) is 14.8. The Hall–Kier alpha value is -2.56. The highest BCUT2D eigenvalue weighted by Gasteiger charge is 2.19. The van der Waals surface area contributed by atoms with E-state index in [0.717, 1.165) is 23.4 Å². The van der Waals surface area contributed by atoms with Crippen LogP contribution in [0.15, 0.2) is 47.1 Å². The van der Waals surface area contributed by atoms with E-state index in [4.69, 9.17) is 4.42 Å². The highest BCUT2D eigenvalue weighted by Crippen LogP contribution is 2.21. The summed E-state index contributed by atoms with van der Waals surface area (Å²) in [5, 5.41) is 2.92. The average Bonchev–Trinajstić information content (AvgIpc) is 3.14. The minimum absolute atomic E-state index is 0.199. The molecule has 0 bridgehead atoms. The summed E-state index contributed by atoms with van der Waals surface area (Å²) < 4.78 is 7.22. The van der Waals surface area contributed by atoms with Gasteiger partial charge in [-0.1, -0.05) is 12.1 Å². The van der Waals surface area contributed by atoms with Crippen LogP contribution in [0.5, 0.6) is 0 Å². The first-order valence-electron chi connectivity index (χ1n) is 7.00. The third kappa shape index (κ3) is 2.42. The highest BCUT2D eigenvalue weighted by molar-refractivity contribution is 5.91. The summed E-state index contributed by atoms with van der Waals surface area (Å²) in [4.78, 5) is 16.7. The van der Waals surface area contributed by atoms with E-state index in [2.05, 4.69) is 21.8 Å². The third-order valence-corrected chi connectivity index (χ3v) is 3.48. The molecule has 2 aromatic heterocycles. The van der Waals surface area contributed by atoms with E-state index in [1.54, 1.807) is 12.1 Å². The van der Waals surface area contributed by atoms with E-state index in [1.165, 1.54) is 6.26 Å². The van der Waals surface area contributed by atoms with Crippen molar-refractivity contribution in [2.75, 3.05) is 0 Å². The van der Waals surface area contributed by atoms with Gasteiger partial charge in [-0.15, -0.1) is 0 Å². The number of carbonyl (C=O) groups is 1. The van der Waals surface area contributed by atoms with Crippen LogP contribution in [-0.4, -0.2) is 15.5 Å². The molecular formula is C16H17N3O2. The lowest BCUT2D eigenvalue weighted by Crippen LogP contribution is -2.28. The zero-order valence-corrected chi connectivity index (χ0v) is 12.0. The first kappa shape index (κ1) is 13.4. The summed E-state index contributed by atoms with van der Waals surface area (Å²) in [5.74, 6) is 0.918. The maximum Gasteiger partial charge on any atom is 0.287 e. The minimum Gasteiger partial charge on any atom is -0.459 e. The number of nitrogens with zero attached hydrogens (tertiary/aromatic N) is 2. The summed E-state index contributed by atoms with van der Waals surface area (Å²) >= 11 is 0. The van der Waals surface area contributed by atoms with E-state index in [9.17, 15) is 4.79 Å². The van der Waals surface area contributed by atoms with Gasteiger partial charge in [-0.25, -0.2) is 4.98 Å². The molecule has 21 heavy (non-hydrogen) atoms. The maximum atomic E-state index is 12.1. The lowest BCUT2D eigenvalue weighted by Gasteiger charge is -2.14. The molecule has 1 N–H and O–H groups in total. The molecule has 3 aromatic rings. The van der Waals surface area contributed by atoms with Crippen LogP contribution >= 0.6 is 0 Å². The van der Waals surface area contributed by atoms with Crippen molar-refractivity contribution < 1.29 is 9.21 Å². The van der Waals surface area contributed by atoms with Crippen LogP contribution in [0.4, 0.5) is 0 Å². The molecule has 108 valence electrons. The third-order valence-electron chi connectivity index (χ3n) is 3.48. The van der Waals surface area contributed by atoms with Gasteiger partial charge in [0.1, 0.15) is 5.82 Å². The molecule has 1 aromatic carbocycles. The van der Waals surface area contributed by atoms with Crippen LogP contribution < -0.4 is 5.32 Å². The number of carbonyl (C=O) groups excluding carboxylic acids is 1. The van der Waals surface area contributed by atoms with Crippen LogP contribution in [0.2, 0.25) is 0 Å². The Labute approximate surface area is 122 Å². The molecular weight excluding hydrogens is 266 g/mol. The Morgan fingerprint density at radius 3 is 2.86 bits per heavy atom. The summed E-state index contributed by atoms with van der Waals surface area (Å²) in [6, 6.07) is 11.1. The first-order valence-corrected chi connectivity index (χ1v) is 7.00. The van der Waals surface area contributed by atoms with E-state index in [1.807, 2.05) is 31.2 Å². The number of imidazole rings is 1. The smallest absolute Gasteiger partial charge is 0.287 e. The average molecular weight is 283 g/mol. The number of benzene rings is 1. The van der Waals surface area contributed by atoms with E-state index >= 15 is 0 Å². The number of para-hydroxylation sites is 2. The molecule has 0 fully saturated rings. The number of nitrogens with one attached hydrogen (secondary N) is 1. The van der Waals surface area contributed by atoms with Gasteiger partial charge in [-0.3, -0.25) is 4.79 Å². The molecule has 0 aliphatic rings. The fourth-order valence-corrected chi connectivity index (χ4v) is 2.50. The second-order valence-corrected chi connectivity index (χ2v) is 4.88. The lowest BCUT2D eigenvalue weighted by atomic mass is 10.3. The largest absolute Gasteiger partial charge is 0.459 e. The van der Waals surface area contributed by atoms with E-state index < -0.39 is 0 Å². The summed E-state index contributed by atoms with van der Waals surface area (Å²) in [5.41, 5.74) is 2.02. The van der Waals surface area contributed by atoms with Crippen LogP contribution in [-0.2, 0) is 6.54 Å². The van der Waals surface area contributed by atoms with Crippen molar-refractivity contribution in [2.24, 2.45) is 0 Å². The first-order chi connectivity index (χ1) is 10.2. The number of rotatable bonds is 4. The van der Waals surface area contributed by atoms with Gasteiger partial charge >= 0.3 is 0 Å². The van der Waals surface area contributed by atoms with Crippen LogP contribution in [0, 0.1) is 0 Å². The Morgan fingerprint density at radius 2 is 2.14 bits per heavy atom. The molecule has 5 heteroatoms.